The molecule has 0 aliphatic rings. The quantitative estimate of drug-likeness (QED) is 0.525. The van der Waals surface area contributed by atoms with Crippen molar-refractivity contribution in [2.24, 2.45) is 5.29 Å². The highest BCUT2D eigenvalue weighted by Gasteiger charge is 2.31. The predicted octanol–water partition coefficient (Wildman–Crippen LogP) is 4.51. The van der Waals surface area contributed by atoms with Gasteiger partial charge in [-0.3, -0.25) is 9.80 Å². The van der Waals surface area contributed by atoms with Gasteiger partial charge in [0, 0.05) is 12.1 Å². The molecule has 0 aliphatic carbocycles. The van der Waals surface area contributed by atoms with Gasteiger partial charge in [-0.1, -0.05) is 12.1 Å². The average molecular weight is 396 g/mol. The van der Waals surface area contributed by atoms with Crippen molar-refractivity contribution in [3.63, 3.8) is 0 Å². The third-order valence-electron chi connectivity index (χ3n) is 4.18. The standard InChI is InChI=1S/C19H19F3N2O4/c1-3-24(23-27)11-13-10-14(19(20,21)22)5-6-15(13)16-8-12(9-18(25)26)4-7-17(16)28-2/h4-8,10H,3,9,11H2,1-2H3,(H,25,26). The van der Waals surface area contributed by atoms with E-state index < -0.39 is 17.7 Å². The highest BCUT2D eigenvalue weighted by molar-refractivity contribution is 5.77. The van der Waals surface area contributed by atoms with Gasteiger partial charge in [-0.15, -0.1) is 4.91 Å². The van der Waals surface area contributed by atoms with Crippen molar-refractivity contribution in [3.05, 3.63) is 58.0 Å². The second-order valence-electron chi connectivity index (χ2n) is 6.04. The van der Waals surface area contributed by atoms with Gasteiger partial charge in [-0.05, 0) is 47.9 Å². The monoisotopic (exact) mass is 396 g/mol. The van der Waals surface area contributed by atoms with Crippen LogP contribution in [0.15, 0.2) is 41.7 Å². The first-order valence-electron chi connectivity index (χ1n) is 8.37. The Morgan fingerprint density at radius 3 is 2.43 bits per heavy atom. The number of halogens is 3. The SMILES string of the molecule is CCN(Cc1cc(C(F)(F)F)ccc1-c1cc(CC(=O)O)ccc1OC)N=O. The maximum Gasteiger partial charge on any atom is 0.416 e. The molecule has 1 N–H and O–H groups in total. The molecule has 2 aromatic carbocycles. The van der Waals surface area contributed by atoms with E-state index >= 15 is 0 Å². The average Bonchev–Trinajstić information content (AvgIpc) is 2.64. The number of alkyl halides is 3. The molecule has 0 heterocycles. The van der Waals surface area contributed by atoms with E-state index in [0.29, 0.717) is 22.4 Å². The minimum Gasteiger partial charge on any atom is -0.496 e. The van der Waals surface area contributed by atoms with Gasteiger partial charge >= 0.3 is 12.1 Å². The van der Waals surface area contributed by atoms with E-state index in [1.807, 2.05) is 0 Å². The lowest BCUT2D eigenvalue weighted by molar-refractivity contribution is -0.138. The van der Waals surface area contributed by atoms with Crippen LogP contribution >= 0.6 is 0 Å². The van der Waals surface area contributed by atoms with Crippen LogP contribution < -0.4 is 4.74 Å². The summed E-state index contributed by atoms with van der Waals surface area (Å²) in [4.78, 5) is 21.9. The number of carboxylic acids is 1. The van der Waals surface area contributed by atoms with Gasteiger partial charge in [0.05, 0.1) is 30.9 Å². The van der Waals surface area contributed by atoms with E-state index in [1.165, 1.54) is 13.2 Å². The molecule has 0 aliphatic heterocycles. The first-order chi connectivity index (χ1) is 13.2. The highest BCUT2D eigenvalue weighted by atomic mass is 19.4. The fraction of sp³-hybridized carbons (Fsp3) is 0.316. The topological polar surface area (TPSA) is 79.2 Å². The summed E-state index contributed by atoms with van der Waals surface area (Å²) >= 11 is 0. The first kappa shape index (κ1) is 21.2. The van der Waals surface area contributed by atoms with Crippen LogP contribution in [-0.4, -0.2) is 29.7 Å². The maximum absolute atomic E-state index is 13.2. The summed E-state index contributed by atoms with van der Waals surface area (Å²) in [5.41, 5.74) is 0.678. The number of benzene rings is 2. The Labute approximate surface area is 159 Å². The fourth-order valence-corrected chi connectivity index (χ4v) is 2.81. The van der Waals surface area contributed by atoms with Crippen molar-refractivity contribution in [1.82, 2.24) is 5.01 Å². The van der Waals surface area contributed by atoms with Crippen LogP contribution in [0.1, 0.15) is 23.6 Å². The molecule has 0 saturated carbocycles. The number of carbonyl (C=O) groups is 1. The van der Waals surface area contributed by atoms with Crippen molar-refractivity contribution in [2.75, 3.05) is 13.7 Å². The smallest absolute Gasteiger partial charge is 0.416 e. The Kier molecular flexibility index (Phi) is 6.61. The molecule has 6 nitrogen and oxygen atoms in total. The van der Waals surface area contributed by atoms with Gasteiger partial charge in [0.1, 0.15) is 5.75 Å². The van der Waals surface area contributed by atoms with Gasteiger partial charge in [0.15, 0.2) is 0 Å². The molecule has 0 amide bonds. The van der Waals surface area contributed by atoms with E-state index in [-0.39, 0.29) is 25.1 Å². The lowest BCUT2D eigenvalue weighted by Gasteiger charge is -2.19. The zero-order chi connectivity index (χ0) is 20.9. The highest BCUT2D eigenvalue weighted by Crippen LogP contribution is 2.37. The van der Waals surface area contributed by atoms with E-state index in [9.17, 15) is 22.9 Å². The van der Waals surface area contributed by atoms with Crippen LogP contribution in [0, 0.1) is 4.91 Å². The van der Waals surface area contributed by atoms with Gasteiger partial charge in [-0.2, -0.15) is 13.2 Å². The molecule has 28 heavy (non-hydrogen) atoms. The summed E-state index contributed by atoms with van der Waals surface area (Å²) in [6.07, 6.45) is -4.79. The van der Waals surface area contributed by atoms with E-state index in [4.69, 9.17) is 9.84 Å². The van der Waals surface area contributed by atoms with Crippen LogP contribution in [-0.2, 0) is 23.9 Å². The van der Waals surface area contributed by atoms with E-state index in [1.54, 1.807) is 25.1 Å². The van der Waals surface area contributed by atoms with Crippen LogP contribution in [0.25, 0.3) is 11.1 Å². The summed E-state index contributed by atoms with van der Waals surface area (Å²) in [6, 6.07) is 7.89. The minimum atomic E-state index is -4.55. The Hall–Kier alpha value is -3.10. The van der Waals surface area contributed by atoms with Gasteiger partial charge in [-0.25, -0.2) is 0 Å². The summed E-state index contributed by atoms with van der Waals surface area (Å²) in [5, 5.41) is 12.9. The summed E-state index contributed by atoms with van der Waals surface area (Å²) in [7, 11) is 1.41. The lowest BCUT2D eigenvalue weighted by atomic mass is 9.94. The van der Waals surface area contributed by atoms with Crippen molar-refractivity contribution < 1.29 is 27.8 Å². The van der Waals surface area contributed by atoms with E-state index in [2.05, 4.69) is 5.29 Å². The maximum atomic E-state index is 13.2. The normalized spacial score (nSPS) is 11.2. The molecule has 0 radical (unpaired) electrons. The van der Waals surface area contributed by atoms with Gasteiger partial charge in [0.2, 0.25) is 0 Å². The molecule has 0 unspecified atom stereocenters. The molecular formula is C19H19F3N2O4. The largest absolute Gasteiger partial charge is 0.496 e. The van der Waals surface area contributed by atoms with Gasteiger partial charge < -0.3 is 9.84 Å². The molecule has 0 atom stereocenters. The van der Waals surface area contributed by atoms with Crippen molar-refractivity contribution >= 4 is 5.97 Å². The molecule has 0 spiro atoms. The number of ether oxygens (including phenoxy) is 1. The summed E-state index contributed by atoms with van der Waals surface area (Å²) in [5.74, 6) is -0.664. The summed E-state index contributed by atoms with van der Waals surface area (Å²) in [6.45, 7) is 1.74. The Morgan fingerprint density at radius 1 is 1.18 bits per heavy atom. The summed E-state index contributed by atoms with van der Waals surface area (Å²) < 4.78 is 44.8. The van der Waals surface area contributed by atoms with Crippen molar-refractivity contribution in [2.45, 2.75) is 26.1 Å². The number of nitrogens with zero attached hydrogens (tertiary/aromatic N) is 2. The molecule has 2 aromatic rings. The molecular weight excluding hydrogens is 377 g/mol. The molecule has 0 saturated heterocycles. The fourth-order valence-electron chi connectivity index (χ4n) is 2.81. The minimum absolute atomic E-state index is 0.133. The number of rotatable bonds is 8. The Morgan fingerprint density at radius 2 is 1.89 bits per heavy atom. The van der Waals surface area contributed by atoms with Crippen molar-refractivity contribution in [1.29, 1.82) is 0 Å². The lowest BCUT2D eigenvalue weighted by Crippen LogP contribution is -2.17. The van der Waals surface area contributed by atoms with Crippen molar-refractivity contribution in [3.8, 4) is 16.9 Å². The zero-order valence-electron chi connectivity index (χ0n) is 15.3. The Balaban J connectivity index is 2.65. The molecule has 2 rings (SSSR count). The number of nitroso groups, excluding NO2 is 1. The second kappa shape index (κ2) is 8.73. The van der Waals surface area contributed by atoms with Crippen LogP contribution in [0.4, 0.5) is 13.2 Å². The molecule has 0 aromatic heterocycles. The Bertz CT molecular complexity index is 869. The molecule has 150 valence electrons. The van der Waals surface area contributed by atoms with E-state index in [0.717, 1.165) is 17.1 Å². The van der Waals surface area contributed by atoms with Crippen LogP contribution in [0.5, 0.6) is 5.75 Å². The number of hydrogen-bond acceptors (Lipinski definition) is 4. The number of aliphatic carboxylic acids is 1. The third kappa shape index (κ3) is 4.99. The van der Waals surface area contributed by atoms with Crippen LogP contribution in [0.2, 0.25) is 0 Å². The molecule has 9 heteroatoms. The third-order valence-corrected chi connectivity index (χ3v) is 4.18. The molecule has 0 fully saturated rings. The zero-order valence-corrected chi connectivity index (χ0v) is 15.3. The predicted molar refractivity (Wildman–Crippen MR) is 96.7 cm³/mol. The molecule has 0 bridgehead atoms. The number of methoxy groups -OCH3 is 1. The van der Waals surface area contributed by atoms with Crippen LogP contribution in [0.3, 0.4) is 0 Å². The van der Waals surface area contributed by atoms with Gasteiger partial charge in [0.25, 0.3) is 0 Å². The number of carboxylic acid groups (broad SMARTS) is 1. The number of hydrogen-bond donors (Lipinski definition) is 1. The second-order valence-corrected chi connectivity index (χ2v) is 6.04. The first-order valence-corrected chi connectivity index (χ1v) is 8.37.